The number of anilines is 1. The van der Waals surface area contributed by atoms with Crippen LogP contribution in [0.3, 0.4) is 0 Å². The van der Waals surface area contributed by atoms with Gasteiger partial charge in [-0.1, -0.05) is 11.6 Å². The number of ether oxygens (including phenoxy) is 1. The van der Waals surface area contributed by atoms with E-state index in [0.29, 0.717) is 60.9 Å². The van der Waals surface area contributed by atoms with E-state index in [1.54, 1.807) is 28.5 Å². The minimum Gasteiger partial charge on any atom is -0.477 e. The number of aryl methyl sites for hydroxylation is 1. The van der Waals surface area contributed by atoms with E-state index < -0.39 is 11.4 Å². The third-order valence-electron chi connectivity index (χ3n) is 4.87. The van der Waals surface area contributed by atoms with Crippen molar-refractivity contribution in [1.29, 1.82) is 0 Å². The number of carboxylic acids is 1. The summed E-state index contributed by atoms with van der Waals surface area (Å²) in [6, 6.07) is 3.35. The summed E-state index contributed by atoms with van der Waals surface area (Å²) < 4.78 is 6.73. The largest absolute Gasteiger partial charge is 0.477 e. The molecular formula is C19H22ClN3O5. The number of halogens is 1. The molecule has 1 aromatic heterocycles. The van der Waals surface area contributed by atoms with Crippen molar-refractivity contribution in [3.8, 4) is 0 Å². The highest BCUT2D eigenvalue weighted by Crippen LogP contribution is 2.31. The van der Waals surface area contributed by atoms with Gasteiger partial charge >= 0.3 is 12.1 Å². The molecule has 0 saturated carbocycles. The Labute approximate surface area is 166 Å². The van der Waals surface area contributed by atoms with Gasteiger partial charge < -0.3 is 24.2 Å². The van der Waals surface area contributed by atoms with Gasteiger partial charge in [-0.05, 0) is 26.0 Å². The number of amides is 1. The van der Waals surface area contributed by atoms with Gasteiger partial charge in [0.15, 0.2) is 0 Å². The van der Waals surface area contributed by atoms with E-state index >= 15 is 0 Å². The molecule has 0 unspecified atom stereocenters. The van der Waals surface area contributed by atoms with Crippen LogP contribution in [-0.2, 0) is 11.3 Å². The standard InChI is InChI=1S/C19H22ClN3O5/c1-3-21-11-13(18(25)26)17(24)12-9-16(14(20)10-15(12)21)22-5-7-23(8-6-22)19(27)28-4-2/h9-11H,3-8H2,1-2H3,(H,25,26). The average molecular weight is 408 g/mol. The zero-order chi connectivity index (χ0) is 20.4. The fraction of sp³-hybridized carbons (Fsp3) is 0.421. The van der Waals surface area contributed by atoms with E-state index in [-0.39, 0.29) is 11.7 Å². The molecule has 2 aromatic rings. The minimum absolute atomic E-state index is 0.269. The number of nitrogens with zero attached hydrogens (tertiary/aromatic N) is 3. The first kappa shape index (κ1) is 20.0. The van der Waals surface area contributed by atoms with E-state index in [2.05, 4.69) is 0 Å². The molecule has 1 aliphatic heterocycles. The Morgan fingerprint density at radius 3 is 2.43 bits per heavy atom. The van der Waals surface area contributed by atoms with Gasteiger partial charge in [0.1, 0.15) is 5.56 Å². The van der Waals surface area contributed by atoms with Gasteiger partial charge in [-0.2, -0.15) is 0 Å². The van der Waals surface area contributed by atoms with Crippen molar-refractivity contribution in [3.05, 3.63) is 39.1 Å². The molecule has 8 nitrogen and oxygen atoms in total. The molecule has 3 rings (SSSR count). The molecule has 0 atom stereocenters. The van der Waals surface area contributed by atoms with Crippen LogP contribution in [0.1, 0.15) is 24.2 Å². The zero-order valence-corrected chi connectivity index (χ0v) is 16.5. The molecule has 1 aliphatic rings. The molecule has 1 amide bonds. The summed E-state index contributed by atoms with van der Waals surface area (Å²) in [5, 5.41) is 10.1. The molecule has 1 N–H and O–H groups in total. The van der Waals surface area contributed by atoms with Crippen molar-refractivity contribution in [1.82, 2.24) is 9.47 Å². The maximum absolute atomic E-state index is 12.7. The van der Waals surface area contributed by atoms with E-state index in [9.17, 15) is 19.5 Å². The van der Waals surface area contributed by atoms with Gasteiger partial charge in [0, 0.05) is 44.3 Å². The van der Waals surface area contributed by atoms with Gasteiger partial charge in [0.25, 0.3) is 0 Å². The molecule has 1 saturated heterocycles. The van der Waals surface area contributed by atoms with E-state index in [0.717, 1.165) is 0 Å². The Balaban J connectivity index is 1.98. The summed E-state index contributed by atoms with van der Waals surface area (Å²) in [6.07, 6.45) is 1.00. The van der Waals surface area contributed by atoms with Gasteiger partial charge in [-0.25, -0.2) is 9.59 Å². The first-order valence-corrected chi connectivity index (χ1v) is 9.51. The van der Waals surface area contributed by atoms with Crippen LogP contribution in [0.2, 0.25) is 5.02 Å². The Bertz CT molecular complexity index is 980. The Morgan fingerprint density at radius 1 is 1.18 bits per heavy atom. The average Bonchev–Trinajstić information content (AvgIpc) is 2.68. The zero-order valence-electron chi connectivity index (χ0n) is 15.8. The highest BCUT2D eigenvalue weighted by Gasteiger charge is 2.24. The van der Waals surface area contributed by atoms with Crippen LogP contribution in [0.25, 0.3) is 10.9 Å². The van der Waals surface area contributed by atoms with Gasteiger partial charge in [0.2, 0.25) is 5.43 Å². The first-order chi connectivity index (χ1) is 13.4. The maximum Gasteiger partial charge on any atom is 0.409 e. The van der Waals surface area contributed by atoms with Crippen LogP contribution in [0.5, 0.6) is 0 Å². The second-order valence-electron chi connectivity index (χ2n) is 6.46. The first-order valence-electron chi connectivity index (χ1n) is 9.14. The van der Waals surface area contributed by atoms with Gasteiger partial charge in [-0.15, -0.1) is 0 Å². The van der Waals surface area contributed by atoms with Crippen molar-refractivity contribution in [2.75, 3.05) is 37.7 Å². The summed E-state index contributed by atoms with van der Waals surface area (Å²) >= 11 is 6.49. The van der Waals surface area contributed by atoms with Crippen LogP contribution in [-0.4, -0.2) is 59.4 Å². The lowest BCUT2D eigenvalue weighted by Crippen LogP contribution is -2.49. The van der Waals surface area contributed by atoms with Crippen molar-refractivity contribution in [3.63, 3.8) is 0 Å². The SMILES string of the molecule is CCOC(=O)N1CCN(c2cc3c(=O)c(C(=O)O)cn(CC)c3cc2Cl)CC1. The number of fused-ring (bicyclic) bond motifs is 1. The van der Waals surface area contributed by atoms with Gasteiger partial charge in [-0.3, -0.25) is 4.79 Å². The highest BCUT2D eigenvalue weighted by molar-refractivity contribution is 6.34. The second-order valence-corrected chi connectivity index (χ2v) is 6.86. The number of piperazine rings is 1. The van der Waals surface area contributed by atoms with Crippen molar-refractivity contribution in [2.45, 2.75) is 20.4 Å². The molecule has 0 bridgehead atoms. The third kappa shape index (κ3) is 3.64. The number of aromatic carboxylic acids is 1. The number of aromatic nitrogens is 1. The second kappa shape index (κ2) is 8.10. The Morgan fingerprint density at radius 2 is 1.86 bits per heavy atom. The molecule has 28 heavy (non-hydrogen) atoms. The topological polar surface area (TPSA) is 92.1 Å². The molecule has 0 spiro atoms. The van der Waals surface area contributed by atoms with E-state index in [1.165, 1.54) is 6.20 Å². The van der Waals surface area contributed by atoms with Crippen LogP contribution in [0.15, 0.2) is 23.1 Å². The molecule has 9 heteroatoms. The summed E-state index contributed by atoms with van der Waals surface area (Å²) in [5.41, 5.74) is 0.446. The van der Waals surface area contributed by atoms with E-state index in [1.807, 2.05) is 11.8 Å². The quantitative estimate of drug-likeness (QED) is 0.837. The number of hydrogen-bond acceptors (Lipinski definition) is 5. The summed E-state index contributed by atoms with van der Waals surface area (Å²) in [4.78, 5) is 39.6. The lowest BCUT2D eigenvalue weighted by Gasteiger charge is -2.36. The number of carbonyl (C=O) groups is 2. The Kier molecular flexibility index (Phi) is 5.79. The van der Waals surface area contributed by atoms with Crippen molar-refractivity contribution < 1.29 is 19.4 Å². The maximum atomic E-state index is 12.7. The van der Waals surface area contributed by atoms with Crippen molar-refractivity contribution >= 4 is 40.3 Å². The number of rotatable bonds is 4. The fourth-order valence-corrected chi connectivity index (χ4v) is 3.68. The highest BCUT2D eigenvalue weighted by atomic mass is 35.5. The summed E-state index contributed by atoms with van der Waals surface area (Å²) in [7, 11) is 0. The fourth-order valence-electron chi connectivity index (χ4n) is 3.40. The van der Waals surface area contributed by atoms with Crippen LogP contribution in [0, 0.1) is 0 Å². The van der Waals surface area contributed by atoms with Crippen molar-refractivity contribution in [2.24, 2.45) is 0 Å². The monoisotopic (exact) mass is 407 g/mol. The molecule has 1 aromatic carbocycles. The molecule has 0 radical (unpaired) electrons. The lowest BCUT2D eigenvalue weighted by atomic mass is 10.1. The Hall–Kier alpha value is -2.74. The molecule has 0 aliphatic carbocycles. The normalized spacial score (nSPS) is 14.4. The number of hydrogen-bond donors (Lipinski definition) is 1. The smallest absolute Gasteiger partial charge is 0.409 e. The third-order valence-corrected chi connectivity index (χ3v) is 5.17. The number of pyridine rings is 1. The van der Waals surface area contributed by atoms with Gasteiger partial charge in [0.05, 0.1) is 22.8 Å². The van der Waals surface area contributed by atoms with Crippen LogP contribution >= 0.6 is 11.6 Å². The van der Waals surface area contributed by atoms with Crippen LogP contribution in [0.4, 0.5) is 10.5 Å². The summed E-state index contributed by atoms with van der Waals surface area (Å²) in [6.45, 7) is 6.47. The molecule has 2 heterocycles. The van der Waals surface area contributed by atoms with Crippen LogP contribution < -0.4 is 10.3 Å². The number of benzene rings is 1. The minimum atomic E-state index is -1.26. The number of carbonyl (C=O) groups excluding carboxylic acids is 1. The molecule has 150 valence electrons. The summed E-state index contributed by atoms with van der Waals surface area (Å²) in [5.74, 6) is -1.26. The molecular weight excluding hydrogens is 386 g/mol. The predicted octanol–water partition coefficient (Wildman–Crippen LogP) is 2.65. The lowest BCUT2D eigenvalue weighted by molar-refractivity contribution is 0.0694. The van der Waals surface area contributed by atoms with E-state index in [4.69, 9.17) is 16.3 Å². The number of carboxylic acid groups (broad SMARTS) is 1. The molecule has 1 fully saturated rings. The predicted molar refractivity (Wildman–Crippen MR) is 107 cm³/mol.